The monoisotopic (exact) mass is 337 g/mol. The zero-order valence-electron chi connectivity index (χ0n) is 15.3. The van der Waals surface area contributed by atoms with Crippen molar-refractivity contribution in [2.45, 2.75) is 13.0 Å². The fourth-order valence-electron chi connectivity index (χ4n) is 3.61. The number of allylic oxidation sites excluding steroid dienone is 2. The molecule has 0 saturated heterocycles. The molecule has 1 heteroatoms. The van der Waals surface area contributed by atoms with E-state index in [1.54, 1.807) is 0 Å². The third-order valence-electron chi connectivity index (χ3n) is 4.99. The van der Waals surface area contributed by atoms with Gasteiger partial charge in [-0.25, -0.2) is 0 Å². The Labute approximate surface area is 155 Å². The minimum atomic E-state index is 0.213. The third-order valence-corrected chi connectivity index (χ3v) is 4.99. The number of aryl methyl sites for hydroxylation is 1. The zero-order chi connectivity index (χ0) is 17.9. The smallest absolute Gasteiger partial charge is 0.0732 e. The van der Waals surface area contributed by atoms with E-state index in [1.807, 2.05) is 0 Å². The molecule has 0 spiro atoms. The highest BCUT2D eigenvalue weighted by molar-refractivity contribution is 5.86. The molecule has 0 N–H and O–H groups in total. The van der Waals surface area contributed by atoms with Crippen LogP contribution >= 0.6 is 0 Å². The maximum atomic E-state index is 2.37. The van der Waals surface area contributed by atoms with Crippen LogP contribution < -0.4 is 0 Å². The van der Waals surface area contributed by atoms with Crippen LogP contribution in [0.2, 0.25) is 0 Å². The summed E-state index contributed by atoms with van der Waals surface area (Å²) in [4.78, 5) is 2.37. The summed E-state index contributed by atoms with van der Waals surface area (Å²) in [7, 11) is 2.18. The number of rotatable bonds is 3. The van der Waals surface area contributed by atoms with Crippen molar-refractivity contribution in [2.75, 3.05) is 7.05 Å². The third kappa shape index (κ3) is 3.21. The second-order valence-electron chi connectivity index (χ2n) is 6.85. The van der Waals surface area contributed by atoms with Crippen LogP contribution in [0, 0.1) is 6.92 Å². The lowest BCUT2D eigenvalue weighted by molar-refractivity contribution is 0.413. The summed E-state index contributed by atoms with van der Waals surface area (Å²) in [6.45, 7) is 2.15. The molecule has 3 aromatic carbocycles. The van der Waals surface area contributed by atoms with Gasteiger partial charge in [0.1, 0.15) is 0 Å². The lowest BCUT2D eigenvalue weighted by Gasteiger charge is -2.35. The Kier molecular flexibility index (Phi) is 4.45. The highest BCUT2D eigenvalue weighted by Gasteiger charge is 2.23. The number of hydrogen-bond acceptors (Lipinski definition) is 1. The largest absolute Gasteiger partial charge is 0.364 e. The van der Waals surface area contributed by atoms with Gasteiger partial charge in [-0.3, -0.25) is 0 Å². The minimum absolute atomic E-state index is 0.213. The molecule has 0 radical (unpaired) electrons. The van der Waals surface area contributed by atoms with E-state index in [0.717, 1.165) is 0 Å². The SMILES string of the molecule is Cc1cccc(C2C=C(c3ccccc3)C=C(c3ccccc3)N2C)c1. The lowest BCUT2D eigenvalue weighted by Crippen LogP contribution is -2.24. The average molecular weight is 337 g/mol. The Morgan fingerprint density at radius 1 is 0.731 bits per heavy atom. The average Bonchev–Trinajstić information content (AvgIpc) is 2.69. The van der Waals surface area contributed by atoms with Crippen LogP contribution in [-0.4, -0.2) is 11.9 Å². The van der Waals surface area contributed by atoms with Gasteiger partial charge in [0.15, 0.2) is 0 Å². The Bertz CT molecular complexity index is 952. The predicted molar refractivity (Wildman–Crippen MR) is 111 cm³/mol. The van der Waals surface area contributed by atoms with Gasteiger partial charge in [0.2, 0.25) is 0 Å². The van der Waals surface area contributed by atoms with Gasteiger partial charge in [0.05, 0.1) is 6.04 Å². The first-order valence-electron chi connectivity index (χ1n) is 9.06. The van der Waals surface area contributed by atoms with Crippen LogP contribution in [0.3, 0.4) is 0 Å². The maximum absolute atomic E-state index is 2.37. The molecule has 26 heavy (non-hydrogen) atoms. The first kappa shape index (κ1) is 16.4. The van der Waals surface area contributed by atoms with Gasteiger partial charge in [-0.2, -0.15) is 0 Å². The van der Waals surface area contributed by atoms with Crippen molar-refractivity contribution in [3.8, 4) is 0 Å². The molecule has 0 saturated carbocycles. The molecular weight excluding hydrogens is 314 g/mol. The van der Waals surface area contributed by atoms with Crippen molar-refractivity contribution in [3.05, 3.63) is 119 Å². The quantitative estimate of drug-likeness (QED) is 0.557. The Morgan fingerprint density at radius 2 is 1.38 bits per heavy atom. The number of nitrogens with zero attached hydrogens (tertiary/aromatic N) is 1. The van der Waals surface area contributed by atoms with Crippen LogP contribution in [0.1, 0.15) is 28.3 Å². The fraction of sp³-hybridized carbons (Fsp3) is 0.120. The summed E-state index contributed by atoms with van der Waals surface area (Å²) in [5.74, 6) is 0. The Balaban J connectivity index is 1.85. The second-order valence-corrected chi connectivity index (χ2v) is 6.85. The van der Waals surface area contributed by atoms with Gasteiger partial charge in [0.25, 0.3) is 0 Å². The molecule has 1 heterocycles. The topological polar surface area (TPSA) is 3.24 Å². The standard InChI is InChI=1S/C25H23N/c1-19-10-9-15-22(16-19)25-18-23(20-11-5-3-6-12-20)17-24(26(25)2)21-13-7-4-8-14-21/h3-18,25H,1-2H3. The normalized spacial score (nSPS) is 16.8. The molecular formula is C25H23N. The number of likely N-dealkylation sites (N-methyl/N-ethyl adjacent to an activating group) is 1. The summed E-state index contributed by atoms with van der Waals surface area (Å²) in [5, 5.41) is 0. The van der Waals surface area contributed by atoms with Crippen molar-refractivity contribution < 1.29 is 0 Å². The van der Waals surface area contributed by atoms with Crippen molar-refractivity contribution in [2.24, 2.45) is 0 Å². The second kappa shape index (κ2) is 7.05. The van der Waals surface area contributed by atoms with Crippen LogP contribution in [0.4, 0.5) is 0 Å². The van der Waals surface area contributed by atoms with E-state index < -0.39 is 0 Å². The highest BCUT2D eigenvalue weighted by Crippen LogP contribution is 2.38. The van der Waals surface area contributed by atoms with Crippen molar-refractivity contribution in [1.29, 1.82) is 0 Å². The minimum Gasteiger partial charge on any atom is -0.364 e. The molecule has 0 bridgehead atoms. The molecule has 1 unspecified atom stereocenters. The first-order valence-corrected chi connectivity index (χ1v) is 9.06. The first-order chi connectivity index (χ1) is 12.7. The predicted octanol–water partition coefficient (Wildman–Crippen LogP) is 6.11. The molecule has 4 rings (SSSR count). The van der Waals surface area contributed by atoms with Crippen LogP contribution in [0.25, 0.3) is 11.3 Å². The van der Waals surface area contributed by atoms with Crippen molar-refractivity contribution >= 4 is 11.3 Å². The summed E-state index contributed by atoms with van der Waals surface area (Å²) in [5.41, 5.74) is 7.64. The zero-order valence-corrected chi connectivity index (χ0v) is 15.3. The van der Waals surface area contributed by atoms with Gasteiger partial charge in [-0.15, -0.1) is 0 Å². The van der Waals surface area contributed by atoms with Crippen molar-refractivity contribution in [3.63, 3.8) is 0 Å². The molecule has 0 amide bonds. The maximum Gasteiger partial charge on any atom is 0.0732 e. The van der Waals surface area contributed by atoms with E-state index in [9.17, 15) is 0 Å². The molecule has 0 aromatic heterocycles. The molecule has 0 fully saturated rings. The van der Waals surface area contributed by atoms with Crippen molar-refractivity contribution in [1.82, 2.24) is 4.90 Å². The molecule has 1 aliphatic rings. The fourth-order valence-corrected chi connectivity index (χ4v) is 3.61. The lowest BCUT2D eigenvalue weighted by atomic mass is 9.91. The molecule has 0 aliphatic carbocycles. The summed E-state index contributed by atoms with van der Waals surface area (Å²) >= 11 is 0. The van der Waals surface area contributed by atoms with E-state index in [2.05, 4.69) is 116 Å². The molecule has 3 aromatic rings. The van der Waals surface area contributed by atoms with Gasteiger partial charge in [-0.05, 0) is 41.3 Å². The number of hydrogen-bond donors (Lipinski definition) is 0. The van der Waals surface area contributed by atoms with Crippen LogP contribution in [0.5, 0.6) is 0 Å². The van der Waals surface area contributed by atoms with Gasteiger partial charge < -0.3 is 4.90 Å². The van der Waals surface area contributed by atoms with E-state index in [-0.39, 0.29) is 6.04 Å². The van der Waals surface area contributed by atoms with Gasteiger partial charge in [0, 0.05) is 12.7 Å². The van der Waals surface area contributed by atoms with Crippen LogP contribution in [-0.2, 0) is 0 Å². The number of benzene rings is 3. The molecule has 1 atom stereocenters. The van der Waals surface area contributed by atoms with Gasteiger partial charge in [-0.1, -0.05) is 90.5 Å². The Hall–Kier alpha value is -3.06. The van der Waals surface area contributed by atoms with E-state index in [0.29, 0.717) is 0 Å². The summed E-state index contributed by atoms with van der Waals surface area (Å²) in [6.07, 6.45) is 4.67. The molecule has 1 aliphatic heterocycles. The Morgan fingerprint density at radius 3 is 2.04 bits per heavy atom. The van der Waals surface area contributed by atoms with Crippen LogP contribution in [0.15, 0.2) is 97.1 Å². The summed E-state index contributed by atoms with van der Waals surface area (Å²) < 4.78 is 0. The van der Waals surface area contributed by atoms with E-state index >= 15 is 0 Å². The van der Waals surface area contributed by atoms with E-state index in [1.165, 1.54) is 33.5 Å². The highest BCUT2D eigenvalue weighted by atomic mass is 15.1. The van der Waals surface area contributed by atoms with E-state index in [4.69, 9.17) is 0 Å². The molecule has 128 valence electrons. The molecule has 1 nitrogen and oxygen atoms in total. The van der Waals surface area contributed by atoms with Gasteiger partial charge >= 0.3 is 0 Å². The summed E-state index contributed by atoms with van der Waals surface area (Å²) in [6, 6.07) is 30.3.